The smallest absolute Gasteiger partial charge is 0.279 e. The molecule has 2 N–H and O–H groups in total. The first-order valence-corrected chi connectivity index (χ1v) is 9.54. The number of hydrazine groups is 1. The zero-order valence-electron chi connectivity index (χ0n) is 15.5. The van der Waals surface area contributed by atoms with Crippen LogP contribution in [-0.2, 0) is 16.0 Å². The first kappa shape index (κ1) is 20.5. The van der Waals surface area contributed by atoms with Crippen LogP contribution in [0.2, 0.25) is 0 Å². The van der Waals surface area contributed by atoms with Crippen LogP contribution < -0.4 is 15.6 Å². The van der Waals surface area contributed by atoms with Gasteiger partial charge < -0.3 is 9.26 Å². The highest BCUT2D eigenvalue weighted by Gasteiger charge is 2.16. The van der Waals surface area contributed by atoms with Gasteiger partial charge in [-0.15, -0.1) is 0 Å². The summed E-state index contributed by atoms with van der Waals surface area (Å²) in [6, 6.07) is 10.7. The molecule has 0 saturated carbocycles. The maximum atomic E-state index is 12.1. The first-order chi connectivity index (χ1) is 14.0. The van der Waals surface area contributed by atoms with Crippen molar-refractivity contribution >= 4 is 27.7 Å². The van der Waals surface area contributed by atoms with Gasteiger partial charge in [-0.3, -0.25) is 25.4 Å². The highest BCUT2D eigenvalue weighted by atomic mass is 79.9. The van der Waals surface area contributed by atoms with E-state index < -0.39 is 17.9 Å². The molecule has 2 aromatic heterocycles. The van der Waals surface area contributed by atoms with Crippen molar-refractivity contribution in [2.24, 2.45) is 0 Å². The fourth-order valence-electron chi connectivity index (χ4n) is 2.28. The number of benzene rings is 1. The average Bonchev–Trinajstić information content (AvgIpc) is 3.20. The Kier molecular flexibility index (Phi) is 6.90. The van der Waals surface area contributed by atoms with Crippen LogP contribution in [0.25, 0.3) is 11.4 Å². The number of hydrogen-bond donors (Lipinski definition) is 2. The third kappa shape index (κ3) is 6.11. The maximum Gasteiger partial charge on any atom is 0.279 e. The van der Waals surface area contributed by atoms with Gasteiger partial charge in [0.05, 0.1) is 0 Å². The van der Waals surface area contributed by atoms with Crippen molar-refractivity contribution in [3.8, 4) is 17.1 Å². The second-order valence-electron chi connectivity index (χ2n) is 6.01. The fraction of sp³-hybridized carbons (Fsp3) is 0.211. The number of rotatable bonds is 7. The van der Waals surface area contributed by atoms with Crippen molar-refractivity contribution in [1.29, 1.82) is 0 Å². The molecule has 3 rings (SSSR count). The Balaban J connectivity index is 1.41. The van der Waals surface area contributed by atoms with Gasteiger partial charge in [-0.05, 0) is 37.3 Å². The molecule has 9 nitrogen and oxygen atoms in total. The normalized spacial score (nSPS) is 11.5. The van der Waals surface area contributed by atoms with Crippen LogP contribution in [0.15, 0.2) is 57.8 Å². The minimum absolute atomic E-state index is 0.0653. The molecular weight excluding hydrogens is 442 g/mol. The highest BCUT2D eigenvalue weighted by Crippen LogP contribution is 2.19. The zero-order chi connectivity index (χ0) is 20.6. The highest BCUT2D eigenvalue weighted by molar-refractivity contribution is 9.10. The molecule has 0 aliphatic heterocycles. The van der Waals surface area contributed by atoms with Crippen molar-refractivity contribution in [2.45, 2.75) is 25.9 Å². The molecule has 29 heavy (non-hydrogen) atoms. The average molecular weight is 460 g/mol. The van der Waals surface area contributed by atoms with Gasteiger partial charge in [0.1, 0.15) is 5.75 Å². The van der Waals surface area contributed by atoms with E-state index in [4.69, 9.17) is 9.26 Å². The molecule has 3 aromatic rings. The lowest BCUT2D eigenvalue weighted by Gasteiger charge is -2.15. The number of ether oxygens (including phenoxy) is 1. The van der Waals surface area contributed by atoms with Crippen molar-refractivity contribution in [3.05, 3.63) is 59.2 Å². The van der Waals surface area contributed by atoms with Crippen LogP contribution in [0.4, 0.5) is 0 Å². The van der Waals surface area contributed by atoms with Crippen molar-refractivity contribution < 1.29 is 18.8 Å². The lowest BCUT2D eigenvalue weighted by Crippen LogP contribution is -2.47. The molecule has 0 saturated heterocycles. The van der Waals surface area contributed by atoms with Gasteiger partial charge in [-0.2, -0.15) is 4.98 Å². The molecule has 1 atom stereocenters. The predicted octanol–water partition coefficient (Wildman–Crippen LogP) is 2.44. The second kappa shape index (κ2) is 9.78. The number of aromatic nitrogens is 3. The number of nitrogens with one attached hydrogen (secondary N) is 2. The molecule has 2 amide bonds. The summed E-state index contributed by atoms with van der Waals surface area (Å²) < 4.78 is 11.5. The SMILES string of the molecule is CC(Oc1cccc(Br)c1)C(=O)NNC(=O)CCc1nc(-c2cccnc2)no1. The summed E-state index contributed by atoms with van der Waals surface area (Å²) in [6.07, 6.45) is 2.78. The van der Waals surface area contributed by atoms with E-state index in [9.17, 15) is 9.59 Å². The van der Waals surface area contributed by atoms with Crippen molar-refractivity contribution in [1.82, 2.24) is 26.0 Å². The Labute approximate surface area is 175 Å². The van der Waals surface area contributed by atoms with Gasteiger partial charge >= 0.3 is 0 Å². The number of nitrogens with zero attached hydrogens (tertiary/aromatic N) is 3. The Hall–Kier alpha value is -3.27. The summed E-state index contributed by atoms with van der Waals surface area (Å²) in [5.41, 5.74) is 5.40. The number of amides is 2. The lowest BCUT2D eigenvalue weighted by atomic mass is 10.2. The number of carbonyl (C=O) groups is 2. The van der Waals surface area contributed by atoms with Crippen LogP contribution in [-0.4, -0.2) is 33.0 Å². The third-order valence-electron chi connectivity index (χ3n) is 3.76. The van der Waals surface area contributed by atoms with E-state index in [2.05, 4.69) is 41.9 Å². The molecule has 0 spiro atoms. The minimum atomic E-state index is -0.789. The Morgan fingerprint density at radius 1 is 1.24 bits per heavy atom. The van der Waals surface area contributed by atoms with Crippen molar-refractivity contribution in [2.75, 3.05) is 0 Å². The lowest BCUT2D eigenvalue weighted by molar-refractivity contribution is -0.132. The van der Waals surface area contributed by atoms with Gasteiger partial charge in [0.2, 0.25) is 17.6 Å². The molecule has 150 valence electrons. The van der Waals surface area contributed by atoms with Crippen LogP contribution in [0, 0.1) is 0 Å². The van der Waals surface area contributed by atoms with Gasteiger partial charge in [-0.25, -0.2) is 0 Å². The van der Waals surface area contributed by atoms with Crippen LogP contribution in [0.1, 0.15) is 19.2 Å². The molecule has 0 aliphatic carbocycles. The van der Waals surface area contributed by atoms with E-state index in [1.54, 1.807) is 49.6 Å². The molecule has 2 heterocycles. The Bertz CT molecular complexity index is 979. The van der Waals surface area contributed by atoms with E-state index in [-0.39, 0.29) is 12.8 Å². The van der Waals surface area contributed by atoms with E-state index in [1.807, 2.05) is 6.07 Å². The zero-order valence-corrected chi connectivity index (χ0v) is 17.0. The summed E-state index contributed by atoms with van der Waals surface area (Å²) in [7, 11) is 0. The molecular formula is C19H18BrN5O4. The molecule has 10 heteroatoms. The van der Waals surface area contributed by atoms with E-state index in [1.165, 1.54) is 0 Å². The third-order valence-corrected chi connectivity index (χ3v) is 4.25. The molecule has 0 radical (unpaired) electrons. The van der Waals surface area contributed by atoms with Crippen LogP contribution in [0.5, 0.6) is 5.75 Å². The van der Waals surface area contributed by atoms with Gasteiger partial charge in [-0.1, -0.05) is 27.2 Å². The molecule has 0 aliphatic rings. The first-order valence-electron chi connectivity index (χ1n) is 8.75. The largest absolute Gasteiger partial charge is 0.481 e. The topological polar surface area (TPSA) is 119 Å². The number of pyridine rings is 1. The predicted molar refractivity (Wildman–Crippen MR) is 106 cm³/mol. The second-order valence-corrected chi connectivity index (χ2v) is 6.92. The van der Waals surface area contributed by atoms with Crippen LogP contribution in [0.3, 0.4) is 0 Å². The molecule has 1 aromatic carbocycles. The quantitative estimate of drug-likeness (QED) is 0.520. The van der Waals surface area contributed by atoms with E-state index >= 15 is 0 Å². The van der Waals surface area contributed by atoms with Gasteiger partial charge in [0.15, 0.2) is 6.10 Å². The van der Waals surface area contributed by atoms with E-state index in [0.717, 1.165) is 10.0 Å². The van der Waals surface area contributed by atoms with Crippen LogP contribution >= 0.6 is 15.9 Å². The van der Waals surface area contributed by atoms with Crippen molar-refractivity contribution in [3.63, 3.8) is 0 Å². The van der Waals surface area contributed by atoms with Gasteiger partial charge in [0.25, 0.3) is 5.91 Å². The summed E-state index contributed by atoms with van der Waals surface area (Å²) in [6.45, 7) is 1.58. The van der Waals surface area contributed by atoms with Gasteiger partial charge in [0, 0.05) is 35.3 Å². The maximum absolute atomic E-state index is 12.1. The fourth-order valence-corrected chi connectivity index (χ4v) is 2.66. The number of carbonyl (C=O) groups excluding carboxylic acids is 2. The summed E-state index contributed by atoms with van der Waals surface area (Å²) in [5, 5.41) is 3.86. The number of hydrogen-bond acceptors (Lipinski definition) is 7. The summed E-state index contributed by atoms with van der Waals surface area (Å²) in [4.78, 5) is 32.2. The standard InChI is InChI=1S/C19H18BrN5O4/c1-12(28-15-6-2-5-14(20)10-15)19(27)24-23-16(26)7-8-17-22-18(25-29-17)13-4-3-9-21-11-13/h2-6,9-12H,7-8H2,1H3,(H,23,26)(H,24,27). The number of halogens is 1. The Morgan fingerprint density at radius 2 is 2.10 bits per heavy atom. The minimum Gasteiger partial charge on any atom is -0.481 e. The summed E-state index contributed by atoms with van der Waals surface area (Å²) in [5.74, 6) is 0.385. The molecule has 0 fully saturated rings. The summed E-state index contributed by atoms with van der Waals surface area (Å²) >= 11 is 3.33. The number of aryl methyl sites for hydroxylation is 1. The monoisotopic (exact) mass is 459 g/mol. The van der Waals surface area contributed by atoms with E-state index in [0.29, 0.717) is 17.5 Å². The molecule has 1 unspecified atom stereocenters. The molecule has 0 bridgehead atoms. The Morgan fingerprint density at radius 3 is 2.86 bits per heavy atom.